The van der Waals surface area contributed by atoms with Crippen LogP contribution in [0.3, 0.4) is 0 Å². The molecule has 2 heterocycles. The van der Waals surface area contributed by atoms with Crippen molar-refractivity contribution in [3.05, 3.63) is 47.6 Å². The first-order valence-electron chi connectivity index (χ1n) is 8.66. The Labute approximate surface area is 162 Å². The quantitative estimate of drug-likeness (QED) is 0.851. The summed E-state index contributed by atoms with van der Waals surface area (Å²) in [6, 6.07) is 11.0. The number of carbonyl (C=O) groups is 2. The summed E-state index contributed by atoms with van der Waals surface area (Å²) in [6.07, 6.45) is 1.49. The van der Waals surface area contributed by atoms with Crippen molar-refractivity contribution in [1.82, 2.24) is 9.88 Å². The zero-order valence-electron chi connectivity index (χ0n) is 15.0. The van der Waals surface area contributed by atoms with Crippen LogP contribution in [0.15, 0.2) is 42.6 Å². The molecule has 1 aliphatic rings. The molecule has 0 unspecified atom stereocenters. The number of nitrogens with one attached hydrogen (secondary N) is 1. The van der Waals surface area contributed by atoms with Gasteiger partial charge in [-0.1, -0.05) is 11.6 Å². The van der Waals surface area contributed by atoms with Gasteiger partial charge in [-0.2, -0.15) is 0 Å². The van der Waals surface area contributed by atoms with Gasteiger partial charge in [0.15, 0.2) is 6.61 Å². The van der Waals surface area contributed by atoms with Gasteiger partial charge in [0.1, 0.15) is 0 Å². The number of benzene rings is 1. The predicted octanol–water partition coefficient (Wildman–Crippen LogP) is 2.42. The van der Waals surface area contributed by atoms with Gasteiger partial charge in [-0.15, -0.1) is 0 Å². The molecule has 8 heteroatoms. The summed E-state index contributed by atoms with van der Waals surface area (Å²) in [7, 11) is 0. The molecule has 0 spiro atoms. The number of carbonyl (C=O) groups excluding carboxylic acids is 2. The first-order chi connectivity index (χ1) is 13.0. The molecule has 1 saturated heterocycles. The molecule has 0 bridgehead atoms. The SMILES string of the molecule is CC(=O)Nc1ccc(OCC(=O)N2CCN(c3ccc(Cl)cc3)CC2)nc1. The van der Waals surface area contributed by atoms with Crippen molar-refractivity contribution in [3.63, 3.8) is 0 Å². The fraction of sp³-hybridized carbons (Fsp3) is 0.316. The minimum Gasteiger partial charge on any atom is -0.468 e. The summed E-state index contributed by atoms with van der Waals surface area (Å²) >= 11 is 5.92. The van der Waals surface area contributed by atoms with Crippen molar-refractivity contribution in [2.24, 2.45) is 0 Å². The van der Waals surface area contributed by atoms with E-state index < -0.39 is 0 Å². The molecule has 1 aliphatic heterocycles. The van der Waals surface area contributed by atoms with Gasteiger partial charge in [-0.05, 0) is 30.3 Å². The number of rotatable bonds is 5. The third-order valence-corrected chi connectivity index (χ3v) is 4.48. The molecule has 1 fully saturated rings. The molecule has 7 nitrogen and oxygen atoms in total. The molecule has 0 radical (unpaired) electrons. The van der Waals surface area contributed by atoms with Crippen molar-refractivity contribution in [1.29, 1.82) is 0 Å². The second kappa shape index (κ2) is 8.73. The van der Waals surface area contributed by atoms with E-state index in [-0.39, 0.29) is 18.4 Å². The molecule has 1 aromatic heterocycles. The molecule has 1 aromatic carbocycles. The molecule has 0 aliphatic carbocycles. The van der Waals surface area contributed by atoms with E-state index in [1.54, 1.807) is 17.0 Å². The Morgan fingerprint density at radius 2 is 1.81 bits per heavy atom. The lowest BCUT2D eigenvalue weighted by Crippen LogP contribution is -2.50. The van der Waals surface area contributed by atoms with Crippen LogP contribution in [-0.2, 0) is 9.59 Å². The van der Waals surface area contributed by atoms with Gasteiger partial charge in [0.2, 0.25) is 11.8 Å². The summed E-state index contributed by atoms with van der Waals surface area (Å²) in [5, 5.41) is 3.34. The molecule has 142 valence electrons. The van der Waals surface area contributed by atoms with Crippen LogP contribution in [0, 0.1) is 0 Å². The number of nitrogens with zero attached hydrogens (tertiary/aromatic N) is 3. The van der Waals surface area contributed by atoms with Crippen molar-refractivity contribution in [2.75, 3.05) is 43.0 Å². The molecule has 0 atom stereocenters. The molecule has 1 N–H and O–H groups in total. The lowest BCUT2D eigenvalue weighted by molar-refractivity contribution is -0.133. The van der Waals surface area contributed by atoms with E-state index in [9.17, 15) is 9.59 Å². The second-order valence-electron chi connectivity index (χ2n) is 6.20. The number of hydrogen-bond donors (Lipinski definition) is 1. The Kier molecular flexibility index (Phi) is 6.13. The molecular weight excluding hydrogens is 368 g/mol. The van der Waals surface area contributed by atoms with Gasteiger partial charge in [-0.25, -0.2) is 4.98 Å². The summed E-state index contributed by atoms with van der Waals surface area (Å²) in [5.74, 6) is 0.106. The van der Waals surface area contributed by atoms with E-state index in [0.717, 1.165) is 18.8 Å². The van der Waals surface area contributed by atoms with Gasteiger partial charge >= 0.3 is 0 Å². The number of piperazine rings is 1. The normalized spacial score (nSPS) is 14.0. The average Bonchev–Trinajstić information content (AvgIpc) is 2.67. The van der Waals surface area contributed by atoms with Gasteiger partial charge in [0, 0.05) is 49.9 Å². The van der Waals surface area contributed by atoms with E-state index >= 15 is 0 Å². The van der Waals surface area contributed by atoms with Crippen LogP contribution in [0.4, 0.5) is 11.4 Å². The first-order valence-corrected chi connectivity index (χ1v) is 9.04. The number of aromatic nitrogens is 1. The van der Waals surface area contributed by atoms with Crippen LogP contribution in [0.2, 0.25) is 5.02 Å². The predicted molar refractivity (Wildman–Crippen MR) is 104 cm³/mol. The number of pyridine rings is 1. The summed E-state index contributed by atoms with van der Waals surface area (Å²) in [6.45, 7) is 4.16. The number of ether oxygens (including phenoxy) is 1. The number of halogens is 1. The fourth-order valence-electron chi connectivity index (χ4n) is 2.84. The van der Waals surface area contributed by atoms with Crippen LogP contribution < -0.4 is 15.0 Å². The van der Waals surface area contributed by atoms with Crippen LogP contribution in [0.25, 0.3) is 0 Å². The highest BCUT2D eigenvalue weighted by atomic mass is 35.5. The molecule has 27 heavy (non-hydrogen) atoms. The van der Waals surface area contributed by atoms with Crippen molar-refractivity contribution >= 4 is 34.8 Å². The Bertz CT molecular complexity index is 788. The number of hydrogen-bond acceptors (Lipinski definition) is 5. The van der Waals surface area contributed by atoms with Gasteiger partial charge in [0.25, 0.3) is 5.91 Å². The first kappa shape index (κ1) is 19.0. The summed E-state index contributed by atoms with van der Waals surface area (Å²) in [5.41, 5.74) is 1.69. The Morgan fingerprint density at radius 3 is 2.41 bits per heavy atom. The largest absolute Gasteiger partial charge is 0.468 e. The second-order valence-corrected chi connectivity index (χ2v) is 6.64. The van der Waals surface area contributed by atoms with E-state index in [1.807, 2.05) is 24.3 Å². The zero-order chi connectivity index (χ0) is 19.2. The standard InChI is InChI=1S/C19H21ClN4O3/c1-14(25)22-16-4-7-18(21-12-16)27-13-19(26)24-10-8-23(9-11-24)17-5-2-15(20)3-6-17/h2-7,12H,8-11,13H2,1H3,(H,22,25). The molecule has 2 amide bonds. The minimum absolute atomic E-state index is 0.0621. The third kappa shape index (κ3) is 5.34. The Hall–Kier alpha value is -2.80. The van der Waals surface area contributed by atoms with E-state index in [4.69, 9.17) is 16.3 Å². The topological polar surface area (TPSA) is 74.8 Å². The zero-order valence-corrected chi connectivity index (χ0v) is 15.8. The van der Waals surface area contributed by atoms with Crippen molar-refractivity contribution in [3.8, 4) is 5.88 Å². The minimum atomic E-state index is -0.168. The lowest BCUT2D eigenvalue weighted by Gasteiger charge is -2.36. The maximum Gasteiger partial charge on any atom is 0.260 e. The molecule has 3 rings (SSSR count). The Balaban J connectivity index is 1.45. The van der Waals surface area contributed by atoms with Gasteiger partial charge in [0.05, 0.1) is 11.9 Å². The van der Waals surface area contributed by atoms with E-state index in [0.29, 0.717) is 29.7 Å². The third-order valence-electron chi connectivity index (χ3n) is 4.22. The molecule has 0 saturated carbocycles. The van der Waals surface area contributed by atoms with Crippen LogP contribution in [-0.4, -0.2) is 54.5 Å². The van der Waals surface area contributed by atoms with Gasteiger partial charge < -0.3 is 19.9 Å². The number of amides is 2. The highest BCUT2D eigenvalue weighted by molar-refractivity contribution is 6.30. The van der Waals surface area contributed by atoms with Crippen LogP contribution >= 0.6 is 11.6 Å². The maximum atomic E-state index is 12.4. The van der Waals surface area contributed by atoms with Crippen molar-refractivity contribution < 1.29 is 14.3 Å². The van der Waals surface area contributed by atoms with Crippen LogP contribution in [0.1, 0.15) is 6.92 Å². The molecular formula is C19H21ClN4O3. The summed E-state index contributed by atoms with van der Waals surface area (Å²) < 4.78 is 5.46. The maximum absolute atomic E-state index is 12.4. The van der Waals surface area contributed by atoms with E-state index in [1.165, 1.54) is 13.1 Å². The van der Waals surface area contributed by atoms with Gasteiger partial charge in [-0.3, -0.25) is 9.59 Å². The lowest BCUT2D eigenvalue weighted by atomic mass is 10.2. The highest BCUT2D eigenvalue weighted by Gasteiger charge is 2.21. The Morgan fingerprint density at radius 1 is 1.11 bits per heavy atom. The fourth-order valence-corrected chi connectivity index (χ4v) is 2.96. The molecule has 2 aromatic rings. The highest BCUT2D eigenvalue weighted by Crippen LogP contribution is 2.19. The number of anilines is 2. The smallest absolute Gasteiger partial charge is 0.260 e. The monoisotopic (exact) mass is 388 g/mol. The van der Waals surface area contributed by atoms with Crippen LogP contribution in [0.5, 0.6) is 5.88 Å². The van der Waals surface area contributed by atoms with Crippen molar-refractivity contribution in [2.45, 2.75) is 6.92 Å². The van der Waals surface area contributed by atoms with E-state index in [2.05, 4.69) is 15.2 Å². The summed E-state index contributed by atoms with van der Waals surface area (Å²) in [4.78, 5) is 31.4. The average molecular weight is 389 g/mol.